The Kier molecular flexibility index (Phi) is 6.69. The van der Waals surface area contributed by atoms with Gasteiger partial charge in [-0.1, -0.05) is 13.8 Å². The van der Waals surface area contributed by atoms with E-state index in [2.05, 4.69) is 29.0 Å². The SMILES string of the molecule is CC(C)CC(CNC(=O)c1ccc(C(N)=O)nc1)N1CCOCC1. The van der Waals surface area contributed by atoms with Gasteiger partial charge in [-0.25, -0.2) is 0 Å². The van der Waals surface area contributed by atoms with E-state index in [4.69, 9.17) is 10.5 Å². The van der Waals surface area contributed by atoms with Gasteiger partial charge < -0.3 is 15.8 Å². The maximum absolute atomic E-state index is 12.3. The van der Waals surface area contributed by atoms with Gasteiger partial charge in [-0.3, -0.25) is 19.5 Å². The Hall–Kier alpha value is -1.99. The van der Waals surface area contributed by atoms with Crippen LogP contribution in [-0.4, -0.2) is 60.6 Å². The highest BCUT2D eigenvalue weighted by Crippen LogP contribution is 2.13. The predicted octanol–water partition coefficient (Wildman–Crippen LogP) is 0.657. The molecule has 7 heteroatoms. The van der Waals surface area contributed by atoms with Crippen molar-refractivity contribution in [2.75, 3.05) is 32.8 Å². The Balaban J connectivity index is 1.94. The first-order chi connectivity index (χ1) is 11.5. The number of ether oxygens (including phenoxy) is 1. The van der Waals surface area contributed by atoms with Crippen molar-refractivity contribution < 1.29 is 14.3 Å². The molecule has 1 atom stereocenters. The van der Waals surface area contributed by atoms with E-state index < -0.39 is 5.91 Å². The third kappa shape index (κ3) is 5.28. The van der Waals surface area contributed by atoms with E-state index >= 15 is 0 Å². The third-order valence-corrected chi connectivity index (χ3v) is 4.08. The van der Waals surface area contributed by atoms with Crippen LogP contribution in [0, 0.1) is 5.92 Å². The number of morpholine rings is 1. The lowest BCUT2D eigenvalue weighted by molar-refractivity contribution is 0.0124. The Morgan fingerprint density at radius 1 is 1.33 bits per heavy atom. The topological polar surface area (TPSA) is 97.5 Å². The quantitative estimate of drug-likeness (QED) is 0.763. The van der Waals surface area contributed by atoms with Crippen molar-refractivity contribution in [3.8, 4) is 0 Å². The molecule has 24 heavy (non-hydrogen) atoms. The van der Waals surface area contributed by atoms with Gasteiger partial charge in [0.25, 0.3) is 11.8 Å². The van der Waals surface area contributed by atoms with Crippen molar-refractivity contribution in [2.45, 2.75) is 26.3 Å². The van der Waals surface area contributed by atoms with Crippen LogP contribution in [0.3, 0.4) is 0 Å². The molecule has 0 spiro atoms. The summed E-state index contributed by atoms with van der Waals surface area (Å²) in [6.07, 6.45) is 2.39. The zero-order valence-corrected chi connectivity index (χ0v) is 14.3. The highest BCUT2D eigenvalue weighted by Gasteiger charge is 2.22. The van der Waals surface area contributed by atoms with E-state index in [0.29, 0.717) is 18.0 Å². The van der Waals surface area contributed by atoms with Crippen LogP contribution in [0.2, 0.25) is 0 Å². The second kappa shape index (κ2) is 8.75. The van der Waals surface area contributed by atoms with E-state index in [9.17, 15) is 9.59 Å². The number of aromatic nitrogens is 1. The molecule has 1 fully saturated rings. The summed E-state index contributed by atoms with van der Waals surface area (Å²) in [6, 6.07) is 3.31. The molecule has 2 rings (SSSR count). The van der Waals surface area contributed by atoms with Crippen LogP contribution in [-0.2, 0) is 4.74 Å². The van der Waals surface area contributed by atoms with Gasteiger partial charge in [-0.05, 0) is 24.5 Å². The molecule has 1 aliphatic rings. The smallest absolute Gasteiger partial charge is 0.267 e. The Labute approximate surface area is 142 Å². The zero-order valence-electron chi connectivity index (χ0n) is 14.3. The minimum absolute atomic E-state index is 0.151. The molecule has 0 radical (unpaired) electrons. The van der Waals surface area contributed by atoms with Crippen LogP contribution in [0.15, 0.2) is 18.3 Å². The zero-order chi connectivity index (χ0) is 17.5. The second-order valence-corrected chi connectivity index (χ2v) is 6.44. The molecule has 0 bridgehead atoms. The molecule has 1 unspecified atom stereocenters. The summed E-state index contributed by atoms with van der Waals surface area (Å²) >= 11 is 0. The van der Waals surface area contributed by atoms with Gasteiger partial charge in [-0.15, -0.1) is 0 Å². The van der Waals surface area contributed by atoms with Crippen LogP contribution in [0.1, 0.15) is 41.1 Å². The number of nitrogens with zero attached hydrogens (tertiary/aromatic N) is 2. The number of hydrogen-bond acceptors (Lipinski definition) is 5. The maximum Gasteiger partial charge on any atom is 0.267 e. The number of pyridine rings is 1. The summed E-state index contributed by atoms with van der Waals surface area (Å²) in [5.74, 6) is -0.252. The molecule has 0 aliphatic carbocycles. The van der Waals surface area contributed by atoms with Gasteiger partial charge in [0.05, 0.1) is 18.8 Å². The molecular weight excluding hydrogens is 308 g/mol. The monoisotopic (exact) mass is 334 g/mol. The predicted molar refractivity (Wildman–Crippen MR) is 90.7 cm³/mol. The van der Waals surface area contributed by atoms with Crippen LogP contribution < -0.4 is 11.1 Å². The molecule has 2 heterocycles. The first-order valence-electron chi connectivity index (χ1n) is 8.33. The van der Waals surface area contributed by atoms with Crippen LogP contribution in [0.25, 0.3) is 0 Å². The summed E-state index contributed by atoms with van der Waals surface area (Å²) in [5, 5.41) is 2.97. The van der Waals surface area contributed by atoms with Gasteiger partial charge in [-0.2, -0.15) is 0 Å². The average molecular weight is 334 g/mol. The molecule has 0 saturated carbocycles. The molecule has 1 aromatic heterocycles. The largest absolute Gasteiger partial charge is 0.379 e. The molecule has 1 aliphatic heterocycles. The van der Waals surface area contributed by atoms with Crippen molar-refractivity contribution in [2.24, 2.45) is 11.7 Å². The minimum Gasteiger partial charge on any atom is -0.379 e. The number of amides is 2. The number of carbonyl (C=O) groups is 2. The average Bonchev–Trinajstić information content (AvgIpc) is 2.59. The maximum atomic E-state index is 12.3. The number of primary amides is 1. The summed E-state index contributed by atoms with van der Waals surface area (Å²) in [4.78, 5) is 29.6. The number of nitrogens with one attached hydrogen (secondary N) is 1. The van der Waals surface area contributed by atoms with Gasteiger partial charge in [0.2, 0.25) is 0 Å². The van der Waals surface area contributed by atoms with Crippen molar-refractivity contribution in [1.82, 2.24) is 15.2 Å². The number of nitrogens with two attached hydrogens (primary N) is 1. The van der Waals surface area contributed by atoms with E-state index in [0.717, 1.165) is 32.7 Å². The number of rotatable bonds is 7. The summed E-state index contributed by atoms with van der Waals surface area (Å²) in [6.45, 7) is 8.20. The van der Waals surface area contributed by atoms with E-state index in [1.165, 1.54) is 12.3 Å². The minimum atomic E-state index is -0.605. The van der Waals surface area contributed by atoms with Gasteiger partial charge in [0, 0.05) is 31.9 Å². The van der Waals surface area contributed by atoms with E-state index in [-0.39, 0.29) is 17.6 Å². The van der Waals surface area contributed by atoms with Crippen molar-refractivity contribution in [3.63, 3.8) is 0 Å². The molecule has 2 amide bonds. The van der Waals surface area contributed by atoms with Crippen LogP contribution in [0.4, 0.5) is 0 Å². The van der Waals surface area contributed by atoms with Gasteiger partial charge in [0.1, 0.15) is 5.69 Å². The van der Waals surface area contributed by atoms with E-state index in [1.807, 2.05) is 0 Å². The second-order valence-electron chi connectivity index (χ2n) is 6.44. The van der Waals surface area contributed by atoms with Crippen LogP contribution in [0.5, 0.6) is 0 Å². The summed E-state index contributed by atoms with van der Waals surface area (Å²) in [7, 11) is 0. The molecule has 132 valence electrons. The molecule has 7 nitrogen and oxygen atoms in total. The molecular formula is C17H26N4O3. The highest BCUT2D eigenvalue weighted by molar-refractivity contribution is 5.95. The number of hydrogen-bond donors (Lipinski definition) is 2. The van der Waals surface area contributed by atoms with Gasteiger partial charge in [0.15, 0.2) is 0 Å². The van der Waals surface area contributed by atoms with Crippen LogP contribution >= 0.6 is 0 Å². The van der Waals surface area contributed by atoms with E-state index in [1.54, 1.807) is 6.07 Å². The first-order valence-corrected chi connectivity index (χ1v) is 8.33. The standard InChI is InChI=1S/C17H26N4O3/c1-12(2)9-14(21-5-7-24-8-6-21)11-20-17(23)13-3-4-15(16(18)22)19-10-13/h3-4,10,12,14H,5-9,11H2,1-2H3,(H2,18,22)(H,20,23). The number of carbonyl (C=O) groups excluding carboxylic acids is 2. The van der Waals surface area contributed by atoms with Crippen molar-refractivity contribution >= 4 is 11.8 Å². The lowest BCUT2D eigenvalue weighted by Gasteiger charge is -2.35. The molecule has 1 saturated heterocycles. The fraction of sp³-hybridized carbons (Fsp3) is 0.588. The third-order valence-electron chi connectivity index (χ3n) is 4.08. The van der Waals surface area contributed by atoms with Crippen molar-refractivity contribution in [1.29, 1.82) is 0 Å². The summed E-state index contributed by atoms with van der Waals surface area (Å²) in [5.41, 5.74) is 5.72. The van der Waals surface area contributed by atoms with Gasteiger partial charge >= 0.3 is 0 Å². The normalized spacial score (nSPS) is 16.8. The fourth-order valence-electron chi connectivity index (χ4n) is 2.83. The Bertz CT molecular complexity index is 553. The highest BCUT2D eigenvalue weighted by atomic mass is 16.5. The molecule has 3 N–H and O–H groups in total. The molecule has 0 aromatic carbocycles. The Morgan fingerprint density at radius 2 is 2.04 bits per heavy atom. The molecule has 1 aromatic rings. The van der Waals surface area contributed by atoms with Crippen molar-refractivity contribution in [3.05, 3.63) is 29.6 Å². The fourth-order valence-corrected chi connectivity index (χ4v) is 2.83. The summed E-state index contributed by atoms with van der Waals surface area (Å²) < 4.78 is 5.41. The lowest BCUT2D eigenvalue weighted by Crippen LogP contribution is -2.49. The first kappa shape index (κ1) is 18.4. The lowest BCUT2D eigenvalue weighted by atomic mass is 10.0. The Morgan fingerprint density at radius 3 is 2.58 bits per heavy atom.